The van der Waals surface area contributed by atoms with Gasteiger partial charge in [0, 0.05) is 46.1 Å². The third-order valence-electron chi connectivity index (χ3n) is 9.52. The molecule has 0 radical (unpaired) electrons. The van der Waals surface area contributed by atoms with E-state index in [-0.39, 0.29) is 24.6 Å². The lowest BCUT2D eigenvalue weighted by atomic mass is 10.1. The Morgan fingerprint density at radius 3 is 2.16 bits per heavy atom. The smallest absolute Gasteiger partial charge is 0.357 e. The van der Waals surface area contributed by atoms with Crippen molar-refractivity contribution in [3.05, 3.63) is 135 Å². The van der Waals surface area contributed by atoms with Gasteiger partial charge >= 0.3 is 5.97 Å². The van der Waals surface area contributed by atoms with Gasteiger partial charge in [-0.15, -0.1) is 11.3 Å². The normalized spacial score (nSPS) is 12.9. The highest BCUT2D eigenvalue weighted by Crippen LogP contribution is 2.41. The second-order valence-corrected chi connectivity index (χ2v) is 17.1. The van der Waals surface area contributed by atoms with E-state index in [1.165, 1.54) is 21.8 Å². The molecular weight excluding hydrogens is 801 g/mol. The monoisotopic (exact) mass is 840 g/mol. The van der Waals surface area contributed by atoms with Crippen molar-refractivity contribution in [3.8, 4) is 33.3 Å². The number of hydrogen-bond donors (Lipinski definition) is 0. The maximum Gasteiger partial charge on any atom is 0.357 e. The fourth-order valence-corrected chi connectivity index (χ4v) is 9.00. The zero-order valence-electron chi connectivity index (χ0n) is 30.8. The van der Waals surface area contributed by atoms with Crippen LogP contribution in [0.15, 0.2) is 112 Å². The van der Waals surface area contributed by atoms with Crippen molar-refractivity contribution in [1.29, 1.82) is 0 Å². The summed E-state index contributed by atoms with van der Waals surface area (Å²) in [5, 5.41) is 2.49. The molecule has 6 aromatic rings. The first-order valence-electron chi connectivity index (χ1n) is 18.0. The number of aromatic nitrogens is 3. The molecule has 0 aliphatic heterocycles. The van der Waals surface area contributed by atoms with Crippen LogP contribution in [0.5, 0.6) is 11.5 Å². The van der Waals surface area contributed by atoms with Crippen LogP contribution in [0.4, 0.5) is 0 Å². The van der Waals surface area contributed by atoms with Crippen molar-refractivity contribution in [3.63, 3.8) is 0 Å². The Balaban J connectivity index is 1.23. The minimum absolute atomic E-state index is 0.103. The molecule has 55 heavy (non-hydrogen) atoms. The van der Waals surface area contributed by atoms with Crippen molar-refractivity contribution < 1.29 is 27.4 Å². The van der Waals surface area contributed by atoms with Crippen LogP contribution in [-0.2, 0) is 40.8 Å². The lowest BCUT2D eigenvalue weighted by Gasteiger charge is -2.23. The summed E-state index contributed by atoms with van der Waals surface area (Å²) in [6.45, 7) is 2.77. The molecule has 1 aliphatic carbocycles. The lowest BCUT2D eigenvalue weighted by molar-refractivity contribution is 0.0520. The van der Waals surface area contributed by atoms with Crippen molar-refractivity contribution in [2.24, 2.45) is 5.92 Å². The van der Waals surface area contributed by atoms with Gasteiger partial charge in [-0.1, -0.05) is 52.3 Å². The number of rotatable bonds is 16. The minimum Gasteiger partial charge on any atom is -0.497 e. The number of carbonyl (C=O) groups excluding carboxylic acids is 1. The molecule has 13 heteroatoms. The summed E-state index contributed by atoms with van der Waals surface area (Å²) in [6, 6.07) is 28.5. The molecule has 0 bridgehead atoms. The highest BCUT2D eigenvalue weighted by atomic mass is 79.9. The summed E-state index contributed by atoms with van der Waals surface area (Å²) in [6.07, 6.45) is 4.60. The van der Waals surface area contributed by atoms with Gasteiger partial charge in [0.05, 0.1) is 33.1 Å². The third-order valence-corrected chi connectivity index (χ3v) is 12.7. The standard InChI is InChI=1S/C42H41BrN4O6S2/c1-4-53-42(48)38-27-54-41(45-38)37-22-39(31-6-5-7-32(43)21-31)47(40(37)20-28-8-9-28)26-33-14-19-36(23-44-33)55(49,50)46(24-29-10-15-34(51-2)16-11-29)25-30-12-17-35(52-3)18-13-30/h5-7,10-19,21-23,27-28H,4,8-9,20,24-26H2,1-3H3. The first-order chi connectivity index (χ1) is 26.6. The van der Waals surface area contributed by atoms with Gasteiger partial charge in [-0.2, -0.15) is 4.31 Å². The number of methoxy groups -OCH3 is 2. The zero-order valence-corrected chi connectivity index (χ0v) is 34.0. The number of pyridine rings is 1. The third kappa shape index (κ3) is 9.02. The molecule has 0 unspecified atom stereocenters. The molecule has 0 spiro atoms. The Labute approximate surface area is 333 Å². The average Bonchev–Trinajstić information content (AvgIpc) is 3.76. The molecule has 0 amide bonds. The fourth-order valence-electron chi connectivity index (χ4n) is 6.42. The Morgan fingerprint density at radius 2 is 1.60 bits per heavy atom. The van der Waals surface area contributed by atoms with Gasteiger partial charge in [0.15, 0.2) is 5.69 Å². The summed E-state index contributed by atoms with van der Waals surface area (Å²) in [5.74, 6) is 1.50. The van der Waals surface area contributed by atoms with E-state index in [4.69, 9.17) is 24.2 Å². The molecule has 0 saturated heterocycles. The van der Waals surface area contributed by atoms with E-state index in [2.05, 4.69) is 38.7 Å². The molecule has 0 N–H and O–H groups in total. The largest absolute Gasteiger partial charge is 0.497 e. The van der Waals surface area contributed by atoms with Gasteiger partial charge in [0.25, 0.3) is 0 Å². The van der Waals surface area contributed by atoms with Crippen LogP contribution in [0.25, 0.3) is 21.8 Å². The second-order valence-electron chi connectivity index (χ2n) is 13.3. The van der Waals surface area contributed by atoms with E-state index in [0.29, 0.717) is 35.3 Å². The first-order valence-corrected chi connectivity index (χ1v) is 21.1. The summed E-state index contributed by atoms with van der Waals surface area (Å²) < 4.78 is 49.2. The topological polar surface area (TPSA) is 113 Å². The zero-order chi connectivity index (χ0) is 38.5. The molecule has 3 aromatic carbocycles. The van der Waals surface area contributed by atoms with E-state index in [0.717, 1.165) is 62.4 Å². The number of nitrogens with zero attached hydrogens (tertiary/aromatic N) is 4. The van der Waals surface area contributed by atoms with Crippen LogP contribution < -0.4 is 9.47 Å². The van der Waals surface area contributed by atoms with E-state index < -0.39 is 16.0 Å². The number of ether oxygens (including phenoxy) is 3. The molecule has 7 rings (SSSR count). The molecule has 284 valence electrons. The van der Waals surface area contributed by atoms with Crippen LogP contribution in [-0.4, -0.2) is 54.1 Å². The summed E-state index contributed by atoms with van der Waals surface area (Å²) in [7, 11) is -0.783. The second kappa shape index (κ2) is 16.9. The Bertz CT molecular complexity index is 2320. The molecular formula is C42H41BrN4O6S2. The number of benzene rings is 3. The maximum absolute atomic E-state index is 14.3. The van der Waals surface area contributed by atoms with Crippen LogP contribution in [0, 0.1) is 5.92 Å². The number of halogens is 1. The molecule has 3 aromatic heterocycles. The van der Waals surface area contributed by atoms with Crippen LogP contribution >= 0.6 is 27.3 Å². The van der Waals surface area contributed by atoms with Crippen LogP contribution in [0.1, 0.15) is 52.8 Å². The predicted molar refractivity (Wildman–Crippen MR) is 217 cm³/mol. The fraction of sp³-hybridized carbons (Fsp3) is 0.262. The van der Waals surface area contributed by atoms with E-state index >= 15 is 0 Å². The summed E-state index contributed by atoms with van der Waals surface area (Å²) in [4.78, 5) is 22.1. The number of carbonyl (C=O) groups is 1. The van der Waals surface area contributed by atoms with E-state index in [9.17, 15) is 13.2 Å². The first kappa shape index (κ1) is 38.5. The van der Waals surface area contributed by atoms with Gasteiger partial charge < -0.3 is 18.8 Å². The quantitative estimate of drug-likeness (QED) is 0.0888. The SMILES string of the molecule is CCOC(=O)c1csc(-c2cc(-c3cccc(Br)c3)n(Cc3ccc(S(=O)(=O)N(Cc4ccc(OC)cc4)Cc4ccc(OC)cc4)cn3)c2CC2CC2)n1. The van der Waals surface area contributed by atoms with Crippen LogP contribution in [0.2, 0.25) is 0 Å². The maximum atomic E-state index is 14.3. The number of esters is 1. The number of hydrogen-bond acceptors (Lipinski definition) is 9. The molecule has 1 fully saturated rings. The van der Waals surface area contributed by atoms with Crippen LogP contribution in [0.3, 0.4) is 0 Å². The van der Waals surface area contributed by atoms with Gasteiger partial charge in [0.2, 0.25) is 10.0 Å². The molecule has 3 heterocycles. The van der Waals surface area contributed by atoms with Crippen molar-refractivity contribution in [2.75, 3.05) is 20.8 Å². The number of sulfonamides is 1. The minimum atomic E-state index is -3.98. The number of thiazole rings is 1. The molecule has 1 aliphatic rings. The van der Waals surface area contributed by atoms with E-state index in [1.807, 2.05) is 60.7 Å². The van der Waals surface area contributed by atoms with Gasteiger partial charge in [-0.05, 0) is 103 Å². The molecule has 0 atom stereocenters. The van der Waals surface area contributed by atoms with Gasteiger partial charge in [-0.25, -0.2) is 18.2 Å². The highest BCUT2D eigenvalue weighted by Gasteiger charge is 2.29. The van der Waals surface area contributed by atoms with Crippen molar-refractivity contribution in [1.82, 2.24) is 18.8 Å². The van der Waals surface area contributed by atoms with E-state index in [1.54, 1.807) is 38.7 Å². The van der Waals surface area contributed by atoms with Gasteiger partial charge in [-0.3, -0.25) is 4.98 Å². The summed E-state index contributed by atoms with van der Waals surface area (Å²) in [5.41, 5.74) is 6.70. The Kier molecular flexibility index (Phi) is 11.8. The predicted octanol–water partition coefficient (Wildman–Crippen LogP) is 9.02. The molecule has 10 nitrogen and oxygen atoms in total. The Morgan fingerprint density at radius 1 is 0.927 bits per heavy atom. The van der Waals surface area contributed by atoms with Crippen molar-refractivity contribution in [2.45, 2.75) is 50.7 Å². The van der Waals surface area contributed by atoms with Crippen molar-refractivity contribution >= 4 is 43.3 Å². The average molecular weight is 842 g/mol. The molecule has 1 saturated carbocycles. The van der Waals surface area contributed by atoms with Gasteiger partial charge in [0.1, 0.15) is 21.4 Å². The summed E-state index contributed by atoms with van der Waals surface area (Å²) >= 11 is 5.07. The highest BCUT2D eigenvalue weighted by molar-refractivity contribution is 9.10. The Hall–Kier alpha value is -4.82. The lowest BCUT2D eigenvalue weighted by Crippen LogP contribution is -2.30.